The van der Waals surface area contributed by atoms with Crippen molar-refractivity contribution in [2.24, 2.45) is 0 Å². The summed E-state index contributed by atoms with van der Waals surface area (Å²) < 4.78 is 1.16. The summed E-state index contributed by atoms with van der Waals surface area (Å²) in [7, 11) is 0. The highest BCUT2D eigenvalue weighted by molar-refractivity contribution is 9.11. The Hall–Kier alpha value is -0.850. The van der Waals surface area contributed by atoms with Gasteiger partial charge in [0.2, 0.25) is 0 Å². The maximum absolute atomic E-state index is 11.7. The largest absolute Gasteiger partial charge is 0.397 e. The summed E-state index contributed by atoms with van der Waals surface area (Å²) in [4.78, 5) is 13.7. The van der Waals surface area contributed by atoms with E-state index in [1.54, 1.807) is 18.3 Å². The fourth-order valence-corrected chi connectivity index (χ4v) is 5.02. The van der Waals surface area contributed by atoms with Gasteiger partial charge in [-0.2, -0.15) is 0 Å². The number of nitrogen functional groups attached to an aromatic ring is 1. The van der Waals surface area contributed by atoms with Crippen molar-refractivity contribution in [3.8, 4) is 0 Å². The highest BCUT2D eigenvalue weighted by Gasteiger charge is 2.32. The number of nitrogens with one attached hydrogen (secondary N) is 1. The Morgan fingerprint density at radius 1 is 1.43 bits per heavy atom. The molecule has 2 aromatic heterocycles. The molecule has 1 aliphatic carbocycles. The molecule has 3 N–H and O–H groups in total. The van der Waals surface area contributed by atoms with Crippen LogP contribution in [-0.2, 0) is 6.42 Å². The molecule has 0 unspecified atom stereocenters. The molecule has 0 amide bonds. The molecule has 1 aliphatic rings. The first-order valence-corrected chi connectivity index (χ1v) is 9.40. The lowest BCUT2D eigenvalue weighted by molar-refractivity contribution is 0.102. The number of hydrogen-bond donors (Lipinski definition) is 2. The van der Waals surface area contributed by atoms with E-state index in [0.717, 1.165) is 21.8 Å². The molecule has 0 radical (unpaired) electrons. The lowest BCUT2D eigenvalue weighted by Crippen LogP contribution is -2.04. The molecular weight excluding hydrogens is 368 g/mol. The SMILES string of the molecule is CC(=O)c1sc(NCCc2ccc(Br)s2)c(C2CC2)c1N. The molecule has 1 saturated carbocycles. The van der Waals surface area contributed by atoms with Crippen LogP contribution in [-0.4, -0.2) is 12.3 Å². The normalized spacial score (nSPS) is 14.4. The van der Waals surface area contributed by atoms with E-state index in [1.165, 1.54) is 34.6 Å². The molecule has 2 aromatic rings. The molecule has 1 fully saturated rings. The third-order valence-electron chi connectivity index (χ3n) is 3.57. The van der Waals surface area contributed by atoms with Gasteiger partial charge < -0.3 is 11.1 Å². The molecule has 0 bridgehead atoms. The molecular formula is C15H17BrN2OS2. The summed E-state index contributed by atoms with van der Waals surface area (Å²) >= 11 is 6.75. The number of ketones is 1. The number of thiophene rings is 2. The van der Waals surface area contributed by atoms with Crippen LogP contribution in [0.25, 0.3) is 0 Å². The number of rotatable bonds is 6. The van der Waals surface area contributed by atoms with Gasteiger partial charge in [-0.3, -0.25) is 4.79 Å². The van der Waals surface area contributed by atoms with Crippen molar-refractivity contribution in [3.63, 3.8) is 0 Å². The van der Waals surface area contributed by atoms with Crippen LogP contribution < -0.4 is 11.1 Å². The first-order chi connectivity index (χ1) is 10.1. The topological polar surface area (TPSA) is 55.1 Å². The van der Waals surface area contributed by atoms with Gasteiger partial charge >= 0.3 is 0 Å². The van der Waals surface area contributed by atoms with Crippen LogP contribution in [0.1, 0.15) is 45.8 Å². The number of anilines is 2. The Morgan fingerprint density at radius 3 is 2.76 bits per heavy atom. The Kier molecular flexibility index (Phi) is 4.38. The summed E-state index contributed by atoms with van der Waals surface area (Å²) in [6.07, 6.45) is 3.35. The lowest BCUT2D eigenvalue weighted by atomic mass is 10.1. The summed E-state index contributed by atoms with van der Waals surface area (Å²) in [6, 6.07) is 4.22. The fraction of sp³-hybridized carbons (Fsp3) is 0.400. The average molecular weight is 385 g/mol. The van der Waals surface area contributed by atoms with Crippen molar-refractivity contribution in [2.45, 2.75) is 32.1 Å². The number of Topliss-reactive ketones (excluding diaryl/α,β-unsaturated/α-hetero) is 1. The van der Waals surface area contributed by atoms with E-state index in [4.69, 9.17) is 5.73 Å². The molecule has 2 heterocycles. The predicted octanol–water partition coefficient (Wildman–Crippen LogP) is 4.89. The number of halogens is 1. The summed E-state index contributed by atoms with van der Waals surface area (Å²) in [6.45, 7) is 2.45. The van der Waals surface area contributed by atoms with Crippen molar-refractivity contribution < 1.29 is 4.79 Å². The van der Waals surface area contributed by atoms with Gasteiger partial charge in [-0.1, -0.05) is 0 Å². The summed E-state index contributed by atoms with van der Waals surface area (Å²) in [5.74, 6) is 0.613. The first kappa shape index (κ1) is 15.1. The van der Waals surface area contributed by atoms with Gasteiger partial charge in [0, 0.05) is 23.9 Å². The van der Waals surface area contributed by atoms with Crippen LogP contribution in [0.5, 0.6) is 0 Å². The van der Waals surface area contributed by atoms with Gasteiger partial charge in [0.25, 0.3) is 0 Å². The number of nitrogens with two attached hydrogens (primary N) is 1. The molecule has 6 heteroatoms. The number of carbonyl (C=O) groups excluding carboxylic acids is 1. The van der Waals surface area contributed by atoms with E-state index < -0.39 is 0 Å². The van der Waals surface area contributed by atoms with Gasteiger partial charge in [0.1, 0.15) is 0 Å². The summed E-state index contributed by atoms with van der Waals surface area (Å²) in [5.41, 5.74) is 8.06. The smallest absolute Gasteiger partial charge is 0.171 e. The van der Waals surface area contributed by atoms with E-state index in [9.17, 15) is 4.79 Å². The minimum absolute atomic E-state index is 0.0645. The summed E-state index contributed by atoms with van der Waals surface area (Å²) in [5, 5.41) is 4.58. The van der Waals surface area contributed by atoms with Gasteiger partial charge in [-0.05, 0) is 53.2 Å². The van der Waals surface area contributed by atoms with Crippen molar-refractivity contribution in [1.82, 2.24) is 0 Å². The quantitative estimate of drug-likeness (QED) is 0.697. The molecule has 0 saturated heterocycles. The van der Waals surface area contributed by atoms with Crippen molar-refractivity contribution in [2.75, 3.05) is 17.6 Å². The van der Waals surface area contributed by atoms with E-state index >= 15 is 0 Å². The molecule has 0 spiro atoms. The van der Waals surface area contributed by atoms with Crippen molar-refractivity contribution in [1.29, 1.82) is 0 Å². The third-order valence-corrected chi connectivity index (χ3v) is 6.54. The second-order valence-corrected chi connectivity index (χ2v) is 8.87. The second kappa shape index (κ2) is 6.10. The zero-order valence-electron chi connectivity index (χ0n) is 11.7. The first-order valence-electron chi connectivity index (χ1n) is 6.97. The van der Waals surface area contributed by atoms with Crippen LogP contribution in [0.2, 0.25) is 0 Å². The van der Waals surface area contributed by atoms with E-state index in [2.05, 4.69) is 33.4 Å². The Bertz CT molecular complexity index is 673. The minimum atomic E-state index is 0.0645. The van der Waals surface area contributed by atoms with Crippen molar-refractivity contribution >= 4 is 55.1 Å². The van der Waals surface area contributed by atoms with Gasteiger partial charge in [-0.15, -0.1) is 22.7 Å². The maximum atomic E-state index is 11.7. The van der Waals surface area contributed by atoms with Gasteiger partial charge in [-0.25, -0.2) is 0 Å². The van der Waals surface area contributed by atoms with Crippen LogP contribution in [0.4, 0.5) is 10.7 Å². The zero-order valence-corrected chi connectivity index (χ0v) is 15.0. The van der Waals surface area contributed by atoms with Gasteiger partial charge in [0.05, 0.1) is 19.4 Å². The van der Waals surface area contributed by atoms with Crippen LogP contribution >= 0.6 is 38.6 Å². The average Bonchev–Trinajstić information content (AvgIpc) is 3.09. The number of carbonyl (C=O) groups is 1. The van der Waals surface area contributed by atoms with E-state index in [-0.39, 0.29) is 5.78 Å². The van der Waals surface area contributed by atoms with E-state index in [1.807, 2.05) is 0 Å². The van der Waals surface area contributed by atoms with Crippen molar-refractivity contribution in [3.05, 3.63) is 31.2 Å². The Balaban J connectivity index is 1.72. The monoisotopic (exact) mass is 384 g/mol. The van der Waals surface area contributed by atoms with Crippen LogP contribution in [0.3, 0.4) is 0 Å². The van der Waals surface area contributed by atoms with Gasteiger partial charge in [0.15, 0.2) is 5.78 Å². The highest BCUT2D eigenvalue weighted by atomic mass is 79.9. The second-order valence-electron chi connectivity index (χ2n) is 5.30. The molecule has 21 heavy (non-hydrogen) atoms. The van der Waals surface area contributed by atoms with E-state index in [0.29, 0.717) is 16.5 Å². The Morgan fingerprint density at radius 2 is 2.19 bits per heavy atom. The Labute approximate surface area is 140 Å². The molecule has 0 atom stereocenters. The molecule has 0 aromatic carbocycles. The predicted molar refractivity (Wildman–Crippen MR) is 94.9 cm³/mol. The standard InChI is InChI=1S/C15H17BrN2OS2/c1-8(19)14-13(17)12(9-2-3-9)15(21-14)18-7-6-10-4-5-11(16)20-10/h4-5,9,18H,2-3,6-7,17H2,1H3. The zero-order chi connectivity index (χ0) is 15.0. The molecule has 0 aliphatic heterocycles. The molecule has 112 valence electrons. The minimum Gasteiger partial charge on any atom is -0.397 e. The number of hydrogen-bond acceptors (Lipinski definition) is 5. The van der Waals surface area contributed by atoms with Crippen LogP contribution in [0.15, 0.2) is 15.9 Å². The molecule has 3 rings (SSSR count). The maximum Gasteiger partial charge on any atom is 0.171 e. The lowest BCUT2D eigenvalue weighted by Gasteiger charge is -2.06. The third kappa shape index (κ3) is 3.33. The van der Waals surface area contributed by atoms with Crippen LogP contribution in [0, 0.1) is 0 Å². The highest BCUT2D eigenvalue weighted by Crippen LogP contribution is 2.50. The molecule has 3 nitrogen and oxygen atoms in total. The fourth-order valence-electron chi connectivity index (χ4n) is 2.41.